The molecule has 0 saturated carbocycles. The second kappa shape index (κ2) is 23.9. The Kier molecular flexibility index (Phi) is 19.0. The number of benzene rings is 2. The Morgan fingerprint density at radius 2 is 1.18 bits per heavy atom. The number of ether oxygens (including phenoxy) is 2. The van der Waals surface area contributed by atoms with Crippen molar-refractivity contribution in [3.05, 3.63) is 83.5 Å². The number of carbonyl (C=O) groups excluding carboxylic acids is 3. The quantitative estimate of drug-likeness (QED) is 0.136. The van der Waals surface area contributed by atoms with Crippen LogP contribution in [0, 0.1) is 32.6 Å². The van der Waals surface area contributed by atoms with Crippen LogP contribution in [0.15, 0.2) is 61.2 Å². The van der Waals surface area contributed by atoms with Crippen LogP contribution in [-0.4, -0.2) is 119 Å². The van der Waals surface area contributed by atoms with Crippen LogP contribution in [-0.2, 0) is 25.2 Å². The zero-order chi connectivity index (χ0) is 50.4. The van der Waals surface area contributed by atoms with E-state index in [1.54, 1.807) is 29.3 Å². The Hall–Kier alpha value is -6.57. The van der Waals surface area contributed by atoms with Crippen LogP contribution in [0.4, 0.5) is 22.8 Å². The van der Waals surface area contributed by atoms with E-state index < -0.39 is 28.9 Å². The first-order valence-corrected chi connectivity index (χ1v) is 22.4. The fourth-order valence-corrected chi connectivity index (χ4v) is 7.20. The maximum atomic E-state index is 12.8. The molecule has 4 aromatic rings. The van der Waals surface area contributed by atoms with Gasteiger partial charge in [-0.2, -0.15) is 13.2 Å². The Bertz CT molecular complexity index is 2380. The van der Waals surface area contributed by atoms with Crippen molar-refractivity contribution < 1.29 is 46.9 Å². The topological polar surface area (TPSA) is 213 Å². The van der Waals surface area contributed by atoms with E-state index in [-0.39, 0.29) is 35.4 Å². The van der Waals surface area contributed by atoms with Gasteiger partial charge in [-0.1, -0.05) is 17.2 Å². The van der Waals surface area contributed by atoms with Crippen molar-refractivity contribution in [2.75, 3.05) is 39.3 Å². The van der Waals surface area contributed by atoms with Crippen LogP contribution in [0.3, 0.4) is 0 Å². The summed E-state index contributed by atoms with van der Waals surface area (Å²) in [5.41, 5.74) is 7.80. The largest absolute Gasteiger partial charge is 0.478 e. The number of nitrogens with one attached hydrogen (secondary N) is 1. The molecule has 0 bridgehead atoms. The van der Waals surface area contributed by atoms with Gasteiger partial charge < -0.3 is 35.4 Å². The minimum absolute atomic E-state index is 0.0826. The number of likely N-dealkylation sites (tertiary alicyclic amines) is 2. The molecule has 2 atom stereocenters. The third-order valence-corrected chi connectivity index (χ3v) is 10.1. The normalized spacial score (nSPS) is 16.7. The van der Waals surface area contributed by atoms with Gasteiger partial charge in [0.2, 0.25) is 5.91 Å². The molecular weight excluding hydrogens is 886 g/mol. The van der Waals surface area contributed by atoms with Crippen LogP contribution < -0.4 is 11.1 Å². The van der Waals surface area contributed by atoms with Gasteiger partial charge in [-0.3, -0.25) is 4.79 Å². The van der Waals surface area contributed by atoms with E-state index >= 15 is 0 Å². The Balaban J connectivity index is 0.000000241. The minimum atomic E-state index is -4.45. The molecule has 4 N–H and O–H groups in total. The third-order valence-electron chi connectivity index (χ3n) is 10.1. The van der Waals surface area contributed by atoms with E-state index in [1.807, 2.05) is 67.5 Å². The lowest BCUT2D eigenvalue weighted by atomic mass is 9.98. The molecule has 20 heteroatoms. The Labute approximate surface area is 395 Å². The fraction of sp³-hybridized carbons (Fsp3) is 0.500. The van der Waals surface area contributed by atoms with E-state index in [4.69, 9.17) is 20.3 Å². The standard InChI is InChI=1S/C24H33N5O3.C13H10F3N3O2.C11H22N2O2/c1-17-11-18(2)13-20(12-17)22-26-16-29(27-22)10-8-21(30)25-14-19-7-6-9-28(15-19)23(31)32-24(3,4)5;1-8-4-9(6-10(5-8)13(14,15)16)12-17-7-19(18-12)3-2-11(20)21;1-11(2,3)15-10(14)13-6-4-5-9(7-12)8-13/h8,10-13,16,19H,6-7,9,14-15H2,1-5H3,(H,25,30);2-7H,1H3,(H,20,21);9H,4-8,12H2,1-3H3/b10-8-;3-2-;. The molecule has 0 spiro atoms. The Morgan fingerprint density at radius 1 is 0.721 bits per heavy atom. The van der Waals surface area contributed by atoms with Crippen molar-refractivity contribution in [3.8, 4) is 22.8 Å². The van der Waals surface area contributed by atoms with Crippen LogP contribution in [0.25, 0.3) is 35.2 Å². The second-order valence-electron chi connectivity index (χ2n) is 18.9. The lowest BCUT2D eigenvalue weighted by molar-refractivity contribution is -0.137. The highest BCUT2D eigenvalue weighted by molar-refractivity contribution is 5.90. The van der Waals surface area contributed by atoms with Gasteiger partial charge in [0.15, 0.2) is 11.6 Å². The first-order chi connectivity index (χ1) is 31.8. The number of carboxylic acid groups (broad SMARTS) is 1. The van der Waals surface area contributed by atoms with Crippen molar-refractivity contribution in [2.24, 2.45) is 17.6 Å². The number of rotatable bonds is 9. The number of piperidine rings is 2. The molecular formula is C48H65F3N10O7. The molecule has 370 valence electrons. The third kappa shape index (κ3) is 18.6. The van der Waals surface area contributed by atoms with Gasteiger partial charge in [-0.15, -0.1) is 10.2 Å². The molecule has 2 saturated heterocycles. The predicted octanol–water partition coefficient (Wildman–Crippen LogP) is 8.22. The summed E-state index contributed by atoms with van der Waals surface area (Å²) in [6, 6.07) is 9.68. The smallest absolute Gasteiger partial charge is 0.416 e. The highest BCUT2D eigenvalue weighted by atomic mass is 19.4. The molecule has 2 aromatic heterocycles. The molecule has 2 aliphatic rings. The van der Waals surface area contributed by atoms with Gasteiger partial charge in [0, 0.05) is 68.4 Å². The Morgan fingerprint density at radius 3 is 1.65 bits per heavy atom. The van der Waals surface area contributed by atoms with Crippen molar-refractivity contribution in [1.82, 2.24) is 44.6 Å². The number of alkyl halides is 3. The number of hydrogen-bond acceptors (Lipinski definition) is 11. The van der Waals surface area contributed by atoms with E-state index in [1.165, 1.54) is 23.2 Å². The number of aliphatic carboxylic acids is 1. The van der Waals surface area contributed by atoms with Crippen LogP contribution in [0.1, 0.15) is 89.5 Å². The fourth-order valence-electron chi connectivity index (χ4n) is 7.20. The lowest BCUT2D eigenvalue weighted by Gasteiger charge is -2.34. The van der Waals surface area contributed by atoms with Crippen molar-refractivity contribution in [3.63, 3.8) is 0 Å². The van der Waals surface area contributed by atoms with E-state index in [0.717, 1.165) is 84.6 Å². The first kappa shape index (κ1) is 54.0. The molecule has 3 amide bonds. The zero-order valence-electron chi connectivity index (χ0n) is 40.3. The number of hydrogen-bond donors (Lipinski definition) is 3. The summed E-state index contributed by atoms with van der Waals surface area (Å²) in [6.45, 7) is 20.8. The maximum absolute atomic E-state index is 12.8. The number of carbonyl (C=O) groups is 4. The summed E-state index contributed by atoms with van der Waals surface area (Å²) in [5.74, 6) is -0.0299. The van der Waals surface area contributed by atoms with Crippen LogP contribution in [0.2, 0.25) is 0 Å². The van der Waals surface area contributed by atoms with Crippen LogP contribution in [0.5, 0.6) is 0 Å². The molecule has 2 fully saturated rings. The summed E-state index contributed by atoms with van der Waals surface area (Å²) in [5, 5.41) is 19.7. The highest BCUT2D eigenvalue weighted by Gasteiger charge is 2.32. The molecule has 0 radical (unpaired) electrons. The van der Waals surface area contributed by atoms with Gasteiger partial charge >= 0.3 is 24.3 Å². The number of carboxylic acids is 1. The first-order valence-electron chi connectivity index (χ1n) is 22.4. The second-order valence-corrected chi connectivity index (χ2v) is 18.9. The van der Waals surface area contributed by atoms with Crippen molar-refractivity contribution in [2.45, 2.75) is 105 Å². The van der Waals surface area contributed by atoms with Crippen molar-refractivity contribution in [1.29, 1.82) is 0 Å². The molecule has 2 aromatic carbocycles. The van der Waals surface area contributed by atoms with Gasteiger partial charge in [0.05, 0.1) is 5.56 Å². The molecule has 2 aliphatic heterocycles. The highest BCUT2D eigenvalue weighted by Crippen LogP contribution is 2.32. The average Bonchev–Trinajstić information content (AvgIpc) is 3.94. The molecule has 6 rings (SSSR count). The summed E-state index contributed by atoms with van der Waals surface area (Å²) in [4.78, 5) is 58.4. The van der Waals surface area contributed by atoms with Gasteiger partial charge in [0.1, 0.15) is 23.9 Å². The number of nitrogens with zero attached hydrogens (tertiary/aromatic N) is 8. The zero-order valence-corrected chi connectivity index (χ0v) is 40.3. The number of aryl methyl sites for hydroxylation is 3. The average molecular weight is 951 g/mol. The summed E-state index contributed by atoms with van der Waals surface area (Å²) >= 11 is 0. The SMILES string of the molecule is CC(C)(C)OC(=O)N1CCCC(CN)C1.Cc1cc(-c2ncn(/C=C\C(=O)O)n2)cc(C(F)(F)F)c1.Cc1cc(C)cc(-c2ncn(/C=C\C(=O)NCC3CCCN(C(=O)OC(C)(C)C)C3)n2)c1. The summed E-state index contributed by atoms with van der Waals surface area (Å²) in [7, 11) is 0. The van der Waals surface area contributed by atoms with Gasteiger partial charge in [0.25, 0.3) is 0 Å². The summed E-state index contributed by atoms with van der Waals surface area (Å²) < 4.78 is 51.7. The molecule has 0 aliphatic carbocycles. The van der Waals surface area contributed by atoms with E-state index in [2.05, 4.69) is 31.5 Å². The number of amides is 3. The van der Waals surface area contributed by atoms with Crippen molar-refractivity contribution >= 4 is 36.5 Å². The predicted molar refractivity (Wildman–Crippen MR) is 252 cm³/mol. The van der Waals surface area contributed by atoms with Crippen LogP contribution >= 0.6 is 0 Å². The molecule has 17 nitrogen and oxygen atoms in total. The molecule has 68 heavy (non-hydrogen) atoms. The summed E-state index contributed by atoms with van der Waals surface area (Å²) in [6.07, 6.45) is 6.86. The van der Waals surface area contributed by atoms with Gasteiger partial charge in [-0.05, 0) is 142 Å². The maximum Gasteiger partial charge on any atom is 0.416 e. The minimum Gasteiger partial charge on any atom is -0.478 e. The van der Waals surface area contributed by atoms with E-state index in [9.17, 15) is 32.3 Å². The molecule has 2 unspecified atom stereocenters. The lowest BCUT2D eigenvalue weighted by Crippen LogP contribution is -2.45. The number of aromatic nitrogens is 6. The monoisotopic (exact) mass is 950 g/mol. The van der Waals surface area contributed by atoms with Gasteiger partial charge in [-0.25, -0.2) is 33.7 Å². The number of halogens is 3. The number of nitrogens with two attached hydrogens (primary N) is 1. The van der Waals surface area contributed by atoms with E-state index in [0.29, 0.717) is 43.5 Å². The molecule has 4 heterocycles.